The number of β-amino-alcohol motifs (C(OH)–C–C–N with tert-alkyl or cyclic N) is 2. The van der Waals surface area contributed by atoms with Gasteiger partial charge in [-0.25, -0.2) is 12.7 Å². The van der Waals surface area contributed by atoms with Crippen molar-refractivity contribution in [3.8, 4) is 0 Å². The molecule has 2 aliphatic rings. The van der Waals surface area contributed by atoms with Crippen molar-refractivity contribution in [3.63, 3.8) is 0 Å². The van der Waals surface area contributed by atoms with Crippen molar-refractivity contribution >= 4 is 15.9 Å². The Bertz CT molecular complexity index is 442. The van der Waals surface area contributed by atoms with E-state index < -0.39 is 22.2 Å². The molecular formula is C11H20N2O5S. The van der Waals surface area contributed by atoms with Gasteiger partial charge in [0.1, 0.15) is 0 Å². The van der Waals surface area contributed by atoms with E-state index in [1.807, 2.05) is 0 Å². The summed E-state index contributed by atoms with van der Waals surface area (Å²) < 4.78 is 24.3. The molecule has 2 N–H and O–H groups in total. The first-order chi connectivity index (χ1) is 8.79. The highest BCUT2D eigenvalue weighted by Crippen LogP contribution is 2.22. The lowest BCUT2D eigenvalue weighted by atomic mass is 9.98. The van der Waals surface area contributed by atoms with Gasteiger partial charge in [-0.3, -0.25) is 4.79 Å². The Morgan fingerprint density at radius 3 is 2.26 bits per heavy atom. The fraction of sp³-hybridized carbons (Fsp3) is 0.909. The second kappa shape index (κ2) is 5.35. The van der Waals surface area contributed by atoms with Gasteiger partial charge in [-0.1, -0.05) is 0 Å². The number of likely N-dealkylation sites (tertiary alicyclic amines) is 1. The number of sulfonamides is 1. The van der Waals surface area contributed by atoms with E-state index in [9.17, 15) is 23.4 Å². The first-order valence-electron chi connectivity index (χ1n) is 6.39. The highest BCUT2D eigenvalue weighted by atomic mass is 32.2. The third-order valence-corrected chi connectivity index (χ3v) is 5.04. The molecule has 0 radical (unpaired) electrons. The quantitative estimate of drug-likeness (QED) is 0.627. The highest BCUT2D eigenvalue weighted by Gasteiger charge is 2.38. The summed E-state index contributed by atoms with van der Waals surface area (Å²) in [5.41, 5.74) is 0. The minimum atomic E-state index is -3.27. The number of hydrogen-bond acceptors (Lipinski definition) is 5. The monoisotopic (exact) mass is 292 g/mol. The van der Waals surface area contributed by atoms with Crippen LogP contribution in [0.3, 0.4) is 0 Å². The summed E-state index contributed by atoms with van der Waals surface area (Å²) in [7, 11) is -3.27. The van der Waals surface area contributed by atoms with E-state index in [1.54, 1.807) is 0 Å². The SMILES string of the molecule is CS(=O)(=O)N1CCCC(C(=O)N2C[C@@H](O)[C@@H](O)C2)C1. The zero-order valence-corrected chi connectivity index (χ0v) is 11.7. The molecule has 3 atom stereocenters. The first-order valence-corrected chi connectivity index (χ1v) is 8.24. The molecule has 0 aliphatic carbocycles. The fourth-order valence-electron chi connectivity index (χ4n) is 2.65. The molecule has 0 saturated carbocycles. The Balaban J connectivity index is 2.00. The van der Waals surface area contributed by atoms with Crippen molar-refractivity contribution < 1.29 is 23.4 Å². The number of amides is 1. The predicted octanol–water partition coefficient (Wildman–Crippen LogP) is -1.78. The topological polar surface area (TPSA) is 98.2 Å². The van der Waals surface area contributed by atoms with Crippen LogP contribution in [0.2, 0.25) is 0 Å². The summed E-state index contributed by atoms with van der Waals surface area (Å²) in [5.74, 6) is -0.551. The van der Waals surface area contributed by atoms with Gasteiger partial charge in [0.25, 0.3) is 0 Å². The summed E-state index contributed by atoms with van der Waals surface area (Å²) in [6.45, 7) is 0.888. The summed E-state index contributed by atoms with van der Waals surface area (Å²) in [4.78, 5) is 13.7. The van der Waals surface area contributed by atoms with Crippen LogP contribution in [0.15, 0.2) is 0 Å². The molecule has 2 heterocycles. The van der Waals surface area contributed by atoms with E-state index in [0.717, 1.165) is 6.26 Å². The Morgan fingerprint density at radius 1 is 1.16 bits per heavy atom. The molecule has 110 valence electrons. The lowest BCUT2D eigenvalue weighted by molar-refractivity contribution is -0.136. The van der Waals surface area contributed by atoms with Gasteiger partial charge in [0.2, 0.25) is 15.9 Å². The Labute approximate surface area is 112 Å². The lowest BCUT2D eigenvalue weighted by Gasteiger charge is -2.32. The smallest absolute Gasteiger partial charge is 0.227 e. The van der Waals surface area contributed by atoms with Crippen LogP contribution in [0.25, 0.3) is 0 Å². The molecule has 0 aromatic heterocycles. The Kier molecular flexibility index (Phi) is 4.14. The molecule has 19 heavy (non-hydrogen) atoms. The largest absolute Gasteiger partial charge is 0.388 e. The summed E-state index contributed by atoms with van der Waals surface area (Å²) in [6, 6.07) is 0. The zero-order chi connectivity index (χ0) is 14.2. The van der Waals surface area contributed by atoms with Crippen molar-refractivity contribution in [2.24, 2.45) is 5.92 Å². The van der Waals surface area contributed by atoms with Crippen LogP contribution < -0.4 is 0 Å². The third kappa shape index (κ3) is 3.25. The number of rotatable bonds is 2. The van der Waals surface area contributed by atoms with Gasteiger partial charge < -0.3 is 15.1 Å². The summed E-state index contributed by atoms with van der Waals surface area (Å²) in [6.07, 6.45) is 0.635. The van der Waals surface area contributed by atoms with Gasteiger partial charge in [-0.05, 0) is 12.8 Å². The van der Waals surface area contributed by atoms with Crippen LogP contribution in [0, 0.1) is 5.92 Å². The normalized spacial score (nSPS) is 33.6. The fourth-order valence-corrected chi connectivity index (χ4v) is 3.56. The van der Waals surface area contributed by atoms with Gasteiger partial charge >= 0.3 is 0 Å². The second-order valence-corrected chi connectivity index (χ2v) is 7.32. The highest BCUT2D eigenvalue weighted by molar-refractivity contribution is 7.88. The molecule has 1 unspecified atom stereocenters. The molecular weight excluding hydrogens is 272 g/mol. The maximum Gasteiger partial charge on any atom is 0.227 e. The third-order valence-electron chi connectivity index (χ3n) is 3.77. The van der Waals surface area contributed by atoms with Crippen molar-refractivity contribution in [1.29, 1.82) is 0 Å². The number of nitrogens with zero attached hydrogens (tertiary/aromatic N) is 2. The van der Waals surface area contributed by atoms with E-state index >= 15 is 0 Å². The summed E-state index contributed by atoms with van der Waals surface area (Å²) >= 11 is 0. The Morgan fingerprint density at radius 2 is 1.74 bits per heavy atom. The summed E-state index contributed by atoms with van der Waals surface area (Å²) in [5, 5.41) is 18.9. The number of aliphatic hydroxyl groups is 2. The van der Waals surface area contributed by atoms with E-state index in [2.05, 4.69) is 0 Å². The van der Waals surface area contributed by atoms with Crippen LogP contribution in [0.5, 0.6) is 0 Å². The van der Waals surface area contributed by atoms with Crippen molar-refractivity contribution in [2.45, 2.75) is 25.0 Å². The van der Waals surface area contributed by atoms with Crippen molar-refractivity contribution in [1.82, 2.24) is 9.21 Å². The molecule has 1 amide bonds. The number of carbonyl (C=O) groups is 1. The van der Waals surface area contributed by atoms with Gasteiger partial charge in [0, 0.05) is 26.2 Å². The van der Waals surface area contributed by atoms with Gasteiger partial charge in [-0.15, -0.1) is 0 Å². The molecule has 2 saturated heterocycles. The minimum Gasteiger partial charge on any atom is -0.388 e. The maximum atomic E-state index is 12.2. The second-order valence-electron chi connectivity index (χ2n) is 5.34. The van der Waals surface area contributed by atoms with Gasteiger partial charge in [-0.2, -0.15) is 0 Å². The zero-order valence-electron chi connectivity index (χ0n) is 10.9. The van der Waals surface area contributed by atoms with Crippen molar-refractivity contribution in [2.75, 3.05) is 32.4 Å². The lowest BCUT2D eigenvalue weighted by Crippen LogP contribution is -2.46. The van der Waals surface area contributed by atoms with E-state index in [-0.39, 0.29) is 31.5 Å². The molecule has 2 rings (SSSR count). The van der Waals surface area contributed by atoms with Crippen LogP contribution in [0.1, 0.15) is 12.8 Å². The van der Waals surface area contributed by atoms with E-state index in [0.29, 0.717) is 19.4 Å². The number of aliphatic hydroxyl groups excluding tert-OH is 2. The number of hydrogen-bond donors (Lipinski definition) is 2. The molecule has 8 heteroatoms. The average molecular weight is 292 g/mol. The molecule has 7 nitrogen and oxygen atoms in total. The molecule has 0 bridgehead atoms. The van der Waals surface area contributed by atoms with Gasteiger partial charge in [0.05, 0.1) is 24.4 Å². The average Bonchev–Trinajstić information content (AvgIpc) is 2.68. The van der Waals surface area contributed by atoms with E-state index in [4.69, 9.17) is 0 Å². The molecule has 2 fully saturated rings. The first kappa shape index (κ1) is 14.7. The number of carbonyl (C=O) groups excluding carboxylic acids is 1. The molecule has 0 aromatic rings. The maximum absolute atomic E-state index is 12.2. The van der Waals surface area contributed by atoms with E-state index in [1.165, 1.54) is 9.21 Å². The standard InChI is InChI=1S/C11H20N2O5S/c1-19(17,18)13-4-2-3-8(5-13)11(16)12-6-9(14)10(15)7-12/h8-10,14-15H,2-7H2,1H3/t8?,9-,10+. The molecule has 2 aliphatic heterocycles. The Hall–Kier alpha value is -0.700. The van der Waals surface area contributed by atoms with Crippen LogP contribution in [-0.2, 0) is 14.8 Å². The minimum absolute atomic E-state index is 0.120. The molecule has 0 aromatic carbocycles. The van der Waals surface area contributed by atoms with Crippen molar-refractivity contribution in [3.05, 3.63) is 0 Å². The predicted molar refractivity (Wildman–Crippen MR) is 67.7 cm³/mol. The van der Waals surface area contributed by atoms with Gasteiger partial charge in [0.15, 0.2) is 0 Å². The van der Waals surface area contributed by atoms with Crippen LogP contribution >= 0.6 is 0 Å². The number of piperidine rings is 1. The van der Waals surface area contributed by atoms with Crippen LogP contribution in [0.4, 0.5) is 0 Å². The van der Waals surface area contributed by atoms with Crippen LogP contribution in [-0.4, -0.2) is 78.4 Å². The molecule has 0 spiro atoms.